The number of rotatable bonds is 4. The molecule has 24 heavy (non-hydrogen) atoms. The highest BCUT2D eigenvalue weighted by Crippen LogP contribution is 2.34. The van der Waals surface area contributed by atoms with Gasteiger partial charge in [0.1, 0.15) is 24.1 Å². The van der Waals surface area contributed by atoms with Gasteiger partial charge in [0.25, 0.3) is 0 Å². The zero-order valence-electron chi connectivity index (χ0n) is 12.6. The van der Waals surface area contributed by atoms with Crippen molar-refractivity contribution in [2.24, 2.45) is 0 Å². The van der Waals surface area contributed by atoms with E-state index in [0.29, 0.717) is 22.6 Å². The fourth-order valence-corrected chi connectivity index (χ4v) is 4.78. The Morgan fingerprint density at radius 1 is 0.667 bits per heavy atom. The molecule has 0 atom stereocenters. The van der Waals surface area contributed by atoms with E-state index < -0.39 is 0 Å². The summed E-state index contributed by atoms with van der Waals surface area (Å²) in [6.07, 6.45) is 1.57. The van der Waals surface area contributed by atoms with E-state index in [0.717, 1.165) is 30.5 Å². The van der Waals surface area contributed by atoms with Crippen LogP contribution in [0, 0.1) is 0 Å². The molecule has 2 aromatic carbocycles. The lowest BCUT2D eigenvalue weighted by molar-refractivity contribution is 0.111. The van der Waals surface area contributed by atoms with Crippen LogP contribution in [-0.4, -0.2) is 26.8 Å². The van der Waals surface area contributed by atoms with Gasteiger partial charge in [-0.15, -0.1) is 0 Å². The van der Waals surface area contributed by atoms with Gasteiger partial charge in [-0.3, -0.25) is 9.59 Å². The Labute approximate surface area is 173 Å². The molecular formula is C16H12Br4O4. The van der Waals surface area contributed by atoms with Crippen molar-refractivity contribution in [2.75, 3.05) is 14.2 Å². The molecule has 2 aromatic rings. The van der Waals surface area contributed by atoms with Crippen molar-refractivity contribution in [1.29, 1.82) is 0 Å². The number of carbonyl (C=O) groups is 2. The molecule has 0 amide bonds. The Morgan fingerprint density at radius 2 is 0.917 bits per heavy atom. The van der Waals surface area contributed by atoms with E-state index in [1.54, 1.807) is 38.5 Å². The Morgan fingerprint density at radius 3 is 1.08 bits per heavy atom. The number of benzene rings is 2. The predicted molar refractivity (Wildman–Crippen MR) is 108 cm³/mol. The maximum absolute atomic E-state index is 10.4. The number of methoxy groups -OCH3 is 2. The SMILES string of the molecule is COc1c(Br)cc(C=O)cc1Br.COc1c(Br)cc(C=O)cc1Br. The van der Waals surface area contributed by atoms with Crippen molar-refractivity contribution in [1.82, 2.24) is 0 Å². The molecule has 0 aliphatic heterocycles. The molecule has 128 valence electrons. The van der Waals surface area contributed by atoms with E-state index in [1.807, 2.05) is 0 Å². The van der Waals surface area contributed by atoms with Crippen molar-refractivity contribution in [3.8, 4) is 11.5 Å². The van der Waals surface area contributed by atoms with Crippen LogP contribution in [0.15, 0.2) is 42.2 Å². The third kappa shape index (κ3) is 5.68. The summed E-state index contributed by atoms with van der Waals surface area (Å²) in [7, 11) is 3.15. The molecule has 0 spiro atoms. The average molecular weight is 588 g/mol. The molecule has 0 aromatic heterocycles. The maximum atomic E-state index is 10.4. The van der Waals surface area contributed by atoms with Crippen LogP contribution in [0.4, 0.5) is 0 Å². The molecule has 0 saturated carbocycles. The number of hydrogen-bond donors (Lipinski definition) is 0. The fraction of sp³-hybridized carbons (Fsp3) is 0.125. The second-order valence-corrected chi connectivity index (χ2v) is 7.69. The van der Waals surface area contributed by atoms with E-state index >= 15 is 0 Å². The van der Waals surface area contributed by atoms with Crippen molar-refractivity contribution < 1.29 is 19.1 Å². The summed E-state index contributed by atoms with van der Waals surface area (Å²) in [5, 5.41) is 0. The molecule has 0 unspecified atom stereocenters. The smallest absolute Gasteiger partial charge is 0.150 e. The zero-order valence-corrected chi connectivity index (χ0v) is 19.0. The third-order valence-corrected chi connectivity index (χ3v) is 5.08. The average Bonchev–Trinajstić information content (AvgIpc) is 2.54. The van der Waals surface area contributed by atoms with Crippen molar-refractivity contribution in [3.05, 3.63) is 53.3 Å². The van der Waals surface area contributed by atoms with Crippen LogP contribution >= 0.6 is 63.7 Å². The molecule has 0 aliphatic rings. The lowest BCUT2D eigenvalue weighted by Gasteiger charge is -2.05. The first kappa shape index (κ1) is 21.3. The second-order valence-electron chi connectivity index (χ2n) is 4.27. The summed E-state index contributed by atoms with van der Waals surface area (Å²) < 4.78 is 13.2. The third-order valence-electron chi connectivity index (χ3n) is 2.72. The summed E-state index contributed by atoms with van der Waals surface area (Å²) in [6, 6.07) is 6.82. The van der Waals surface area contributed by atoms with Crippen molar-refractivity contribution >= 4 is 76.3 Å². The molecule has 0 aliphatic carbocycles. The Kier molecular flexibility index (Phi) is 9.18. The summed E-state index contributed by atoms with van der Waals surface area (Å²) >= 11 is 13.1. The molecule has 8 heteroatoms. The van der Waals surface area contributed by atoms with E-state index in [-0.39, 0.29) is 0 Å². The highest BCUT2D eigenvalue weighted by molar-refractivity contribution is 9.11. The summed E-state index contributed by atoms with van der Waals surface area (Å²) in [6.45, 7) is 0. The van der Waals surface area contributed by atoms with Gasteiger partial charge in [-0.1, -0.05) is 0 Å². The second kappa shape index (κ2) is 10.3. The highest BCUT2D eigenvalue weighted by Gasteiger charge is 2.07. The van der Waals surface area contributed by atoms with Crippen molar-refractivity contribution in [2.45, 2.75) is 0 Å². The molecule has 0 saturated heterocycles. The number of aldehydes is 2. The molecule has 2 rings (SSSR count). The predicted octanol–water partition coefficient (Wildman–Crippen LogP) is 6.07. The maximum Gasteiger partial charge on any atom is 0.150 e. The summed E-state index contributed by atoms with van der Waals surface area (Å²) in [5.41, 5.74) is 1.21. The van der Waals surface area contributed by atoms with Gasteiger partial charge in [-0.05, 0) is 88.0 Å². The van der Waals surface area contributed by atoms with Crippen LogP contribution in [0.2, 0.25) is 0 Å². The highest BCUT2D eigenvalue weighted by atomic mass is 79.9. The first-order valence-corrected chi connectivity index (χ1v) is 9.51. The van der Waals surface area contributed by atoms with Crippen LogP contribution in [0.25, 0.3) is 0 Å². The molecule has 0 bridgehead atoms. The topological polar surface area (TPSA) is 52.6 Å². The number of hydrogen-bond acceptors (Lipinski definition) is 4. The minimum atomic E-state index is 0.606. The van der Waals surface area contributed by atoms with Gasteiger partial charge >= 0.3 is 0 Å². The zero-order chi connectivity index (χ0) is 18.3. The van der Waals surface area contributed by atoms with Gasteiger partial charge < -0.3 is 9.47 Å². The minimum Gasteiger partial charge on any atom is -0.494 e. The van der Waals surface area contributed by atoms with Gasteiger partial charge in [-0.25, -0.2) is 0 Å². The lowest BCUT2D eigenvalue weighted by atomic mass is 10.2. The van der Waals surface area contributed by atoms with Crippen molar-refractivity contribution in [3.63, 3.8) is 0 Å². The Bertz CT molecular complexity index is 637. The van der Waals surface area contributed by atoms with Gasteiger partial charge in [0.2, 0.25) is 0 Å². The van der Waals surface area contributed by atoms with Crippen LogP contribution in [0.3, 0.4) is 0 Å². The Balaban J connectivity index is 0.000000240. The Hall–Kier alpha value is -0.700. The van der Waals surface area contributed by atoms with Crippen LogP contribution in [-0.2, 0) is 0 Å². The summed E-state index contributed by atoms with van der Waals surface area (Å²) in [5.74, 6) is 1.39. The van der Waals surface area contributed by atoms with Crippen LogP contribution in [0.5, 0.6) is 11.5 Å². The number of halogens is 4. The van der Waals surface area contributed by atoms with Gasteiger partial charge in [0, 0.05) is 11.1 Å². The van der Waals surface area contributed by atoms with E-state index in [9.17, 15) is 9.59 Å². The normalized spacial score (nSPS) is 9.58. The number of carbonyl (C=O) groups excluding carboxylic acids is 2. The molecule has 0 heterocycles. The molecule has 0 N–H and O–H groups in total. The first-order valence-electron chi connectivity index (χ1n) is 6.34. The first-order chi connectivity index (χ1) is 11.4. The molecular weight excluding hydrogens is 576 g/mol. The monoisotopic (exact) mass is 584 g/mol. The van der Waals surface area contributed by atoms with Gasteiger partial charge in [0.05, 0.1) is 32.1 Å². The molecule has 0 fully saturated rings. The van der Waals surface area contributed by atoms with E-state index in [2.05, 4.69) is 63.7 Å². The van der Waals surface area contributed by atoms with Gasteiger partial charge in [-0.2, -0.15) is 0 Å². The standard InChI is InChI=1S/2C8H6Br2O2/c2*1-12-8-6(9)2-5(4-11)3-7(8)10/h2*2-4H,1H3. The molecule has 0 radical (unpaired) electrons. The fourth-order valence-electron chi connectivity index (χ4n) is 1.69. The molecule has 4 nitrogen and oxygen atoms in total. The quantitative estimate of drug-likeness (QED) is 0.408. The van der Waals surface area contributed by atoms with Crippen LogP contribution in [0.1, 0.15) is 20.7 Å². The largest absolute Gasteiger partial charge is 0.494 e. The number of ether oxygens (including phenoxy) is 2. The minimum absolute atomic E-state index is 0.606. The van der Waals surface area contributed by atoms with Gasteiger partial charge in [0.15, 0.2) is 0 Å². The summed E-state index contributed by atoms with van der Waals surface area (Å²) in [4.78, 5) is 20.9. The van der Waals surface area contributed by atoms with E-state index in [1.165, 1.54) is 0 Å². The lowest BCUT2D eigenvalue weighted by Crippen LogP contribution is -1.88. The van der Waals surface area contributed by atoms with Crippen LogP contribution < -0.4 is 9.47 Å². The van der Waals surface area contributed by atoms with E-state index in [4.69, 9.17) is 9.47 Å².